The smallest absolute Gasteiger partial charge is 0.261 e. The predicted molar refractivity (Wildman–Crippen MR) is 103 cm³/mol. The average Bonchev–Trinajstić information content (AvgIpc) is 3.12. The summed E-state index contributed by atoms with van der Waals surface area (Å²) >= 11 is 0. The first-order valence-electron chi connectivity index (χ1n) is 8.89. The molecule has 0 unspecified atom stereocenters. The molecule has 1 saturated heterocycles. The molecule has 4 rings (SSSR count). The largest absolute Gasteiger partial charge is 0.495 e. The fourth-order valence-corrected chi connectivity index (χ4v) is 4.34. The molecule has 8 nitrogen and oxygen atoms in total. The van der Waals surface area contributed by atoms with Crippen LogP contribution in [0.1, 0.15) is 12.8 Å². The molecular formula is C19H20N2O6S. The maximum Gasteiger partial charge on any atom is 0.261 e. The van der Waals surface area contributed by atoms with Gasteiger partial charge in [0.2, 0.25) is 5.91 Å². The molecule has 2 aliphatic rings. The number of nitrogens with one attached hydrogen (secondary N) is 1. The van der Waals surface area contributed by atoms with Gasteiger partial charge in [0.25, 0.3) is 10.0 Å². The summed E-state index contributed by atoms with van der Waals surface area (Å²) in [5.74, 6) is 1.47. The molecule has 1 fully saturated rings. The highest BCUT2D eigenvalue weighted by Crippen LogP contribution is 2.36. The third-order valence-corrected chi connectivity index (χ3v) is 6.00. The number of methoxy groups -OCH3 is 1. The number of carbonyl (C=O) groups is 1. The first-order valence-corrected chi connectivity index (χ1v) is 10.4. The lowest BCUT2D eigenvalue weighted by atomic mass is 10.2. The Morgan fingerprint density at radius 1 is 1.07 bits per heavy atom. The number of benzene rings is 2. The van der Waals surface area contributed by atoms with Gasteiger partial charge in [-0.3, -0.25) is 9.52 Å². The lowest BCUT2D eigenvalue weighted by Crippen LogP contribution is -2.25. The highest BCUT2D eigenvalue weighted by molar-refractivity contribution is 7.92. The average molecular weight is 404 g/mol. The highest BCUT2D eigenvalue weighted by atomic mass is 32.2. The Hall–Kier alpha value is -2.94. The summed E-state index contributed by atoms with van der Waals surface area (Å²) in [5.41, 5.74) is 0.814. The third-order valence-electron chi connectivity index (χ3n) is 4.62. The number of amides is 1. The topological polar surface area (TPSA) is 94.2 Å². The normalized spacial score (nSPS) is 16.2. The van der Waals surface area contributed by atoms with Gasteiger partial charge in [0, 0.05) is 19.0 Å². The van der Waals surface area contributed by atoms with Gasteiger partial charge in [0.1, 0.15) is 19.0 Å². The second kappa shape index (κ2) is 7.23. The molecule has 2 aromatic carbocycles. The van der Waals surface area contributed by atoms with Crippen LogP contribution in [0.3, 0.4) is 0 Å². The first-order chi connectivity index (χ1) is 13.5. The molecule has 0 spiro atoms. The third kappa shape index (κ3) is 3.45. The van der Waals surface area contributed by atoms with Crippen molar-refractivity contribution in [3.05, 3.63) is 36.4 Å². The van der Waals surface area contributed by atoms with Crippen molar-refractivity contribution in [1.82, 2.24) is 0 Å². The van der Waals surface area contributed by atoms with Gasteiger partial charge in [-0.2, -0.15) is 0 Å². The lowest BCUT2D eigenvalue weighted by molar-refractivity contribution is -0.117. The summed E-state index contributed by atoms with van der Waals surface area (Å²) in [5, 5.41) is 0. The van der Waals surface area contributed by atoms with Crippen LogP contribution in [-0.4, -0.2) is 41.2 Å². The van der Waals surface area contributed by atoms with Gasteiger partial charge in [-0.15, -0.1) is 0 Å². The summed E-state index contributed by atoms with van der Waals surface area (Å²) in [7, 11) is -2.39. The van der Waals surface area contributed by atoms with E-state index in [4.69, 9.17) is 14.2 Å². The van der Waals surface area contributed by atoms with Crippen LogP contribution in [0, 0.1) is 0 Å². The van der Waals surface area contributed by atoms with Gasteiger partial charge >= 0.3 is 0 Å². The van der Waals surface area contributed by atoms with Crippen LogP contribution in [0.2, 0.25) is 0 Å². The van der Waals surface area contributed by atoms with Gasteiger partial charge in [-0.1, -0.05) is 0 Å². The van der Waals surface area contributed by atoms with Gasteiger partial charge in [-0.25, -0.2) is 8.42 Å². The number of anilines is 2. The molecule has 0 atom stereocenters. The molecule has 148 valence electrons. The SMILES string of the molecule is COc1ccc(S(=O)(=O)Nc2ccc3c(c2)OCCO3)cc1N1CCCC1=O. The number of carbonyl (C=O) groups excluding carboxylic acids is 1. The van der Waals surface area contributed by atoms with E-state index < -0.39 is 10.0 Å². The van der Waals surface area contributed by atoms with Crippen molar-refractivity contribution in [2.45, 2.75) is 17.7 Å². The van der Waals surface area contributed by atoms with Crippen LogP contribution in [-0.2, 0) is 14.8 Å². The summed E-state index contributed by atoms with van der Waals surface area (Å²) in [6.07, 6.45) is 1.17. The first kappa shape index (κ1) is 18.4. The van der Waals surface area contributed by atoms with E-state index in [1.54, 1.807) is 29.2 Å². The van der Waals surface area contributed by atoms with Crippen molar-refractivity contribution >= 4 is 27.3 Å². The molecule has 2 aliphatic heterocycles. The van der Waals surface area contributed by atoms with Crippen molar-refractivity contribution in [2.75, 3.05) is 36.5 Å². The van der Waals surface area contributed by atoms with E-state index in [0.717, 1.165) is 6.42 Å². The Morgan fingerprint density at radius 2 is 1.86 bits per heavy atom. The Balaban J connectivity index is 1.65. The van der Waals surface area contributed by atoms with Crippen molar-refractivity contribution in [2.24, 2.45) is 0 Å². The zero-order valence-corrected chi connectivity index (χ0v) is 16.1. The molecule has 0 radical (unpaired) electrons. The van der Waals surface area contributed by atoms with Gasteiger partial charge in [0.15, 0.2) is 11.5 Å². The van der Waals surface area contributed by atoms with Crippen LogP contribution < -0.4 is 23.8 Å². The molecule has 0 bridgehead atoms. The molecule has 2 heterocycles. The van der Waals surface area contributed by atoms with Gasteiger partial charge < -0.3 is 19.1 Å². The molecule has 0 aliphatic carbocycles. The molecule has 9 heteroatoms. The highest BCUT2D eigenvalue weighted by Gasteiger charge is 2.27. The summed E-state index contributed by atoms with van der Waals surface area (Å²) in [6.45, 7) is 1.41. The minimum Gasteiger partial charge on any atom is -0.495 e. The summed E-state index contributed by atoms with van der Waals surface area (Å²) in [6, 6.07) is 9.32. The number of sulfonamides is 1. The van der Waals surface area contributed by atoms with E-state index in [0.29, 0.717) is 54.8 Å². The minimum atomic E-state index is -3.87. The summed E-state index contributed by atoms with van der Waals surface area (Å²) in [4.78, 5) is 13.7. The number of nitrogens with zero attached hydrogens (tertiary/aromatic N) is 1. The maximum absolute atomic E-state index is 12.9. The molecular weight excluding hydrogens is 384 g/mol. The Kier molecular flexibility index (Phi) is 4.76. The fourth-order valence-electron chi connectivity index (χ4n) is 3.27. The number of hydrogen-bond acceptors (Lipinski definition) is 6. The molecule has 1 amide bonds. The number of ether oxygens (including phenoxy) is 3. The fraction of sp³-hybridized carbons (Fsp3) is 0.316. The second-order valence-corrected chi connectivity index (χ2v) is 8.13. The second-order valence-electron chi connectivity index (χ2n) is 6.45. The molecule has 0 aromatic heterocycles. The standard InChI is InChI=1S/C19H20N2O6S/c1-25-16-7-5-14(12-15(16)21-8-2-3-19(21)22)28(23,24)20-13-4-6-17-18(11-13)27-10-9-26-17/h4-7,11-12,20H,2-3,8-10H2,1H3. The van der Waals surface area contributed by atoms with Crippen molar-refractivity contribution in [1.29, 1.82) is 0 Å². The molecule has 0 saturated carbocycles. The Labute approximate surface area is 163 Å². The zero-order valence-electron chi connectivity index (χ0n) is 15.3. The van der Waals surface area contributed by atoms with Crippen molar-refractivity contribution in [3.8, 4) is 17.2 Å². The summed E-state index contributed by atoms with van der Waals surface area (Å²) < 4.78 is 44.6. The van der Waals surface area contributed by atoms with E-state index >= 15 is 0 Å². The number of fused-ring (bicyclic) bond motifs is 1. The Bertz CT molecular complexity index is 1020. The van der Waals surface area contributed by atoms with Gasteiger partial charge in [-0.05, 0) is 36.8 Å². The number of hydrogen-bond donors (Lipinski definition) is 1. The van der Waals surface area contributed by atoms with Crippen LogP contribution in [0.15, 0.2) is 41.3 Å². The molecule has 2 aromatic rings. The van der Waals surface area contributed by atoms with Crippen LogP contribution in [0.25, 0.3) is 0 Å². The van der Waals surface area contributed by atoms with E-state index in [9.17, 15) is 13.2 Å². The quantitative estimate of drug-likeness (QED) is 0.822. The molecule has 1 N–H and O–H groups in total. The van der Waals surface area contributed by atoms with Gasteiger partial charge in [0.05, 0.1) is 23.4 Å². The van der Waals surface area contributed by atoms with E-state index in [1.165, 1.54) is 19.2 Å². The maximum atomic E-state index is 12.9. The van der Waals surface area contributed by atoms with Crippen LogP contribution >= 0.6 is 0 Å². The molecule has 28 heavy (non-hydrogen) atoms. The van der Waals surface area contributed by atoms with E-state index in [-0.39, 0.29) is 10.8 Å². The van der Waals surface area contributed by atoms with Crippen LogP contribution in [0.5, 0.6) is 17.2 Å². The Morgan fingerprint density at radius 3 is 2.57 bits per heavy atom. The van der Waals surface area contributed by atoms with Crippen molar-refractivity contribution < 1.29 is 27.4 Å². The minimum absolute atomic E-state index is 0.0397. The number of rotatable bonds is 5. The van der Waals surface area contributed by atoms with E-state index in [2.05, 4.69) is 4.72 Å². The lowest BCUT2D eigenvalue weighted by Gasteiger charge is -2.21. The van der Waals surface area contributed by atoms with Crippen LogP contribution in [0.4, 0.5) is 11.4 Å². The monoisotopic (exact) mass is 404 g/mol. The van der Waals surface area contributed by atoms with E-state index in [1.807, 2.05) is 0 Å². The van der Waals surface area contributed by atoms with Crippen molar-refractivity contribution in [3.63, 3.8) is 0 Å². The predicted octanol–water partition coefficient (Wildman–Crippen LogP) is 2.39. The zero-order chi connectivity index (χ0) is 19.7.